The molecule has 1 aliphatic rings. The summed E-state index contributed by atoms with van der Waals surface area (Å²) in [6.45, 7) is 8.11. The van der Waals surface area contributed by atoms with Gasteiger partial charge in [-0.3, -0.25) is 14.5 Å². The van der Waals surface area contributed by atoms with Gasteiger partial charge in [-0.1, -0.05) is 36.4 Å². The molecule has 0 aliphatic carbocycles. The van der Waals surface area contributed by atoms with Crippen molar-refractivity contribution in [3.05, 3.63) is 83.1 Å². The van der Waals surface area contributed by atoms with E-state index in [1.54, 1.807) is 48.3 Å². The quantitative estimate of drug-likeness (QED) is 0.492. The highest BCUT2D eigenvalue weighted by molar-refractivity contribution is 6.16. The summed E-state index contributed by atoms with van der Waals surface area (Å²) in [6.07, 6.45) is 1.68. The number of aromatic nitrogens is 2. The van der Waals surface area contributed by atoms with E-state index in [1.807, 2.05) is 12.1 Å². The van der Waals surface area contributed by atoms with Gasteiger partial charge in [-0.25, -0.2) is 9.24 Å². The number of aliphatic imine (C=N–C) groups is 1. The Bertz CT molecular complexity index is 1490. The predicted octanol–water partition coefficient (Wildman–Crippen LogP) is 4.54. The molecule has 156 valence electrons. The van der Waals surface area contributed by atoms with Gasteiger partial charge in [0.05, 0.1) is 24.2 Å². The summed E-state index contributed by atoms with van der Waals surface area (Å²) in [5.41, 5.74) is 10.8. The highest BCUT2D eigenvalue weighted by Gasteiger charge is 2.23. The van der Waals surface area contributed by atoms with E-state index in [4.69, 9.17) is 12.3 Å². The number of halogens is 1. The van der Waals surface area contributed by atoms with Crippen molar-refractivity contribution in [3.8, 4) is 22.4 Å². The molecule has 4 aromatic rings. The number of benzene rings is 3. The average Bonchev–Trinajstić information content (AvgIpc) is 3.20. The Kier molecular flexibility index (Phi) is 4.65. The maximum atomic E-state index is 15.0. The van der Waals surface area contributed by atoms with Crippen molar-refractivity contribution in [2.45, 2.75) is 0 Å². The van der Waals surface area contributed by atoms with Crippen LogP contribution in [0.5, 0.6) is 0 Å². The van der Waals surface area contributed by atoms with Crippen molar-refractivity contribution in [1.29, 1.82) is 0 Å². The third kappa shape index (κ3) is 2.93. The van der Waals surface area contributed by atoms with E-state index in [0.29, 0.717) is 44.6 Å². The first-order valence-corrected chi connectivity index (χ1v) is 10.1. The van der Waals surface area contributed by atoms with Crippen molar-refractivity contribution in [3.63, 3.8) is 0 Å². The Balaban J connectivity index is 1.76. The Morgan fingerprint density at radius 2 is 1.88 bits per heavy atom. The smallest absolute Gasteiger partial charge is 0.204 e. The average molecular weight is 423 g/mol. The summed E-state index contributed by atoms with van der Waals surface area (Å²) in [5, 5.41) is 5.35. The normalized spacial score (nSPS) is 13.1. The molecule has 7 heteroatoms. The number of hydrogen-bond donors (Lipinski definition) is 1. The van der Waals surface area contributed by atoms with E-state index in [9.17, 15) is 9.18 Å². The summed E-state index contributed by atoms with van der Waals surface area (Å²) in [4.78, 5) is 20.3. The zero-order chi connectivity index (χ0) is 22.4. The maximum absolute atomic E-state index is 15.0. The largest absolute Gasteiger partial charge is 0.325 e. The molecule has 0 unspecified atom stereocenters. The SMILES string of the molecule is [C-]#[N+]c1c(-c2c(-c3ccc4c(c3)C(CN)=NCC4=O)cnn2C)cc(F)c2ccccc12. The summed E-state index contributed by atoms with van der Waals surface area (Å²) >= 11 is 0. The zero-order valence-electron chi connectivity index (χ0n) is 17.3. The fraction of sp³-hybridized carbons (Fsp3) is 0.120. The van der Waals surface area contributed by atoms with Crippen LogP contribution in [-0.4, -0.2) is 34.4 Å². The Morgan fingerprint density at radius 1 is 1.09 bits per heavy atom. The number of nitrogens with two attached hydrogens (primary N) is 1. The van der Waals surface area contributed by atoms with E-state index in [0.717, 1.165) is 11.1 Å². The van der Waals surface area contributed by atoms with Gasteiger partial charge in [0.1, 0.15) is 12.4 Å². The number of fused-ring (bicyclic) bond motifs is 2. The molecule has 1 aromatic heterocycles. The molecular weight excluding hydrogens is 405 g/mol. The second-order valence-electron chi connectivity index (χ2n) is 7.59. The number of carbonyl (C=O) groups is 1. The Hall–Kier alpha value is -4.15. The van der Waals surface area contributed by atoms with Gasteiger partial charge in [-0.15, -0.1) is 0 Å². The molecule has 1 aliphatic heterocycles. The van der Waals surface area contributed by atoms with Crippen LogP contribution in [0.3, 0.4) is 0 Å². The Labute approximate surface area is 183 Å². The summed E-state index contributed by atoms with van der Waals surface area (Å²) in [5.74, 6) is -0.453. The molecule has 0 saturated heterocycles. The van der Waals surface area contributed by atoms with Gasteiger partial charge in [0.15, 0.2) is 5.78 Å². The molecule has 0 radical (unpaired) electrons. The van der Waals surface area contributed by atoms with Crippen molar-refractivity contribution in [2.24, 2.45) is 17.8 Å². The van der Waals surface area contributed by atoms with Crippen LogP contribution in [0.2, 0.25) is 0 Å². The van der Waals surface area contributed by atoms with Gasteiger partial charge in [0.25, 0.3) is 0 Å². The van der Waals surface area contributed by atoms with Gasteiger partial charge in [0.2, 0.25) is 5.69 Å². The fourth-order valence-electron chi connectivity index (χ4n) is 4.29. The van der Waals surface area contributed by atoms with Crippen LogP contribution in [-0.2, 0) is 7.05 Å². The van der Waals surface area contributed by atoms with Crippen LogP contribution in [0.1, 0.15) is 15.9 Å². The first-order valence-electron chi connectivity index (χ1n) is 10.1. The molecule has 0 amide bonds. The van der Waals surface area contributed by atoms with Gasteiger partial charge in [-0.05, 0) is 23.1 Å². The molecule has 32 heavy (non-hydrogen) atoms. The lowest BCUT2D eigenvalue weighted by Crippen LogP contribution is -2.24. The van der Waals surface area contributed by atoms with Crippen LogP contribution in [0, 0.1) is 12.4 Å². The van der Waals surface area contributed by atoms with Gasteiger partial charge >= 0.3 is 0 Å². The van der Waals surface area contributed by atoms with E-state index < -0.39 is 5.82 Å². The lowest BCUT2D eigenvalue weighted by Gasteiger charge is -2.17. The van der Waals surface area contributed by atoms with Crippen LogP contribution >= 0.6 is 0 Å². The lowest BCUT2D eigenvalue weighted by atomic mass is 9.91. The van der Waals surface area contributed by atoms with Crippen molar-refractivity contribution in [2.75, 3.05) is 13.1 Å². The minimum absolute atomic E-state index is 0.0537. The standard InChI is InChI=1S/C25H18FN5O/c1-28-24-17-6-4-3-5-15(17)21(26)10-19(24)25-20(12-30-31(25)2)14-7-8-16-18(9-14)22(11-27)29-13-23(16)32/h3-10,12H,11,13,27H2,2H3. The van der Waals surface area contributed by atoms with Crippen molar-refractivity contribution in [1.82, 2.24) is 9.78 Å². The summed E-state index contributed by atoms with van der Waals surface area (Å²) < 4.78 is 16.6. The molecular formula is C25H18FN5O. The number of Topliss-reactive ketones (excluding diaryl/α,β-unsaturated/α-hetero) is 1. The highest BCUT2D eigenvalue weighted by atomic mass is 19.1. The molecule has 2 heterocycles. The fourth-order valence-corrected chi connectivity index (χ4v) is 4.29. The number of ketones is 1. The molecule has 0 atom stereocenters. The van der Waals surface area contributed by atoms with E-state index in [-0.39, 0.29) is 18.9 Å². The third-order valence-corrected chi connectivity index (χ3v) is 5.82. The first kappa shape index (κ1) is 19.8. The Morgan fingerprint density at radius 3 is 2.62 bits per heavy atom. The van der Waals surface area contributed by atoms with Crippen molar-refractivity contribution < 1.29 is 9.18 Å². The predicted molar refractivity (Wildman–Crippen MR) is 123 cm³/mol. The van der Waals surface area contributed by atoms with Crippen LogP contribution in [0.4, 0.5) is 10.1 Å². The van der Waals surface area contributed by atoms with Crippen molar-refractivity contribution >= 4 is 28.0 Å². The van der Waals surface area contributed by atoms with Gasteiger partial charge in [0, 0.05) is 41.2 Å². The number of nitrogens with zero attached hydrogens (tertiary/aromatic N) is 4. The van der Waals surface area contributed by atoms with Gasteiger partial charge in [-0.2, -0.15) is 5.10 Å². The van der Waals surface area contributed by atoms with Crippen LogP contribution < -0.4 is 5.73 Å². The van der Waals surface area contributed by atoms with Crippen LogP contribution in [0.25, 0.3) is 38.0 Å². The second kappa shape index (κ2) is 7.52. The van der Waals surface area contributed by atoms with Gasteiger partial charge < -0.3 is 5.73 Å². The summed E-state index contributed by atoms with van der Waals surface area (Å²) in [6, 6.07) is 13.8. The number of rotatable bonds is 3. The minimum Gasteiger partial charge on any atom is -0.325 e. The zero-order valence-corrected chi connectivity index (χ0v) is 17.3. The van der Waals surface area contributed by atoms with Crippen LogP contribution in [0.15, 0.2) is 59.7 Å². The number of aryl methyl sites for hydroxylation is 1. The van der Waals surface area contributed by atoms with E-state index in [1.165, 1.54) is 6.07 Å². The second-order valence-corrected chi connectivity index (χ2v) is 7.59. The molecule has 5 rings (SSSR count). The molecule has 0 bridgehead atoms. The minimum atomic E-state index is -0.399. The monoisotopic (exact) mass is 423 g/mol. The lowest BCUT2D eigenvalue weighted by molar-refractivity contribution is 0.1000. The van der Waals surface area contributed by atoms with E-state index >= 15 is 0 Å². The molecule has 3 aromatic carbocycles. The number of carbonyl (C=O) groups excluding carboxylic acids is 1. The van der Waals surface area contributed by atoms with E-state index in [2.05, 4.69) is 14.9 Å². The molecule has 0 spiro atoms. The first-order chi connectivity index (χ1) is 15.5. The highest BCUT2D eigenvalue weighted by Crippen LogP contribution is 2.42. The third-order valence-electron chi connectivity index (χ3n) is 5.82. The topological polar surface area (TPSA) is 77.6 Å². The molecule has 6 nitrogen and oxygen atoms in total. The number of hydrogen-bond acceptors (Lipinski definition) is 4. The molecule has 0 fully saturated rings. The molecule has 0 saturated carbocycles. The maximum Gasteiger partial charge on any atom is 0.204 e. The molecule has 2 N–H and O–H groups in total. The summed E-state index contributed by atoms with van der Waals surface area (Å²) in [7, 11) is 1.76.